The SMILES string of the molecule is CC1(C)c2cc3ccccc3cc2-c2c(-c3cccc(-c4cc(-c5cccc(-c6ccc7c(c6)sc6ccccc67)c5)nc(-c5ccccc5)n4)c3)cccc21. The van der Waals surface area contributed by atoms with Crippen LogP contribution in [0.5, 0.6) is 0 Å². The summed E-state index contributed by atoms with van der Waals surface area (Å²) in [6, 6.07) is 65.9. The Balaban J connectivity index is 1.03. The summed E-state index contributed by atoms with van der Waals surface area (Å²) >= 11 is 1.85. The highest BCUT2D eigenvalue weighted by Crippen LogP contribution is 2.53. The van der Waals surface area contributed by atoms with Crippen molar-refractivity contribution < 1.29 is 0 Å². The Labute approximate surface area is 330 Å². The van der Waals surface area contributed by atoms with E-state index in [9.17, 15) is 0 Å². The highest BCUT2D eigenvalue weighted by Gasteiger charge is 2.37. The normalized spacial score (nSPS) is 13.0. The topological polar surface area (TPSA) is 25.8 Å². The molecular formula is C53H36N2S. The molecule has 1 aliphatic carbocycles. The molecule has 2 aromatic heterocycles. The summed E-state index contributed by atoms with van der Waals surface area (Å²) < 4.78 is 2.62. The van der Waals surface area contributed by atoms with Crippen LogP contribution >= 0.6 is 11.3 Å². The van der Waals surface area contributed by atoms with Crippen molar-refractivity contribution in [2.75, 3.05) is 0 Å². The first kappa shape index (κ1) is 32.7. The molecule has 0 spiro atoms. The van der Waals surface area contributed by atoms with Gasteiger partial charge in [0.2, 0.25) is 0 Å². The predicted molar refractivity (Wildman–Crippen MR) is 237 cm³/mol. The van der Waals surface area contributed by atoms with Crippen LogP contribution in [0.3, 0.4) is 0 Å². The summed E-state index contributed by atoms with van der Waals surface area (Å²) in [4.78, 5) is 10.4. The minimum Gasteiger partial charge on any atom is -0.228 e. The standard InChI is InChI=1S/C53H36N2S/c1-53(2)45-23-12-22-41(51(45)44-29-35-15-6-7-16-36(35)30-46(44)53)38-18-11-20-40(28-38)48-32-47(54-52(55-48)33-13-4-3-5-14-33)39-19-10-17-34(27-39)37-25-26-43-42-21-8-9-24-49(42)56-50(43)31-37/h3-32H,1-2H3. The van der Waals surface area contributed by atoms with E-state index in [2.05, 4.69) is 190 Å². The van der Waals surface area contributed by atoms with E-state index in [1.165, 1.54) is 75.5 Å². The van der Waals surface area contributed by atoms with E-state index in [4.69, 9.17) is 9.97 Å². The van der Waals surface area contributed by atoms with E-state index in [-0.39, 0.29) is 5.41 Å². The quantitative estimate of drug-likeness (QED) is 0.176. The molecule has 0 amide bonds. The minimum atomic E-state index is -0.105. The fraction of sp³-hybridized carbons (Fsp3) is 0.0566. The minimum absolute atomic E-state index is 0.105. The van der Waals surface area contributed by atoms with E-state index in [1.54, 1.807) is 0 Å². The molecule has 2 nitrogen and oxygen atoms in total. The van der Waals surface area contributed by atoms with E-state index in [0.29, 0.717) is 5.82 Å². The number of aromatic nitrogens is 2. The van der Waals surface area contributed by atoms with Crippen molar-refractivity contribution in [1.82, 2.24) is 9.97 Å². The molecule has 0 fully saturated rings. The molecule has 264 valence electrons. The molecule has 0 bridgehead atoms. The molecule has 0 unspecified atom stereocenters. The average Bonchev–Trinajstić information content (AvgIpc) is 3.74. The molecule has 10 aromatic rings. The third-order valence-corrected chi connectivity index (χ3v) is 12.8. The van der Waals surface area contributed by atoms with Gasteiger partial charge < -0.3 is 0 Å². The van der Waals surface area contributed by atoms with Gasteiger partial charge in [0.25, 0.3) is 0 Å². The van der Waals surface area contributed by atoms with Crippen LogP contribution in [-0.4, -0.2) is 9.97 Å². The second kappa shape index (κ2) is 12.7. The first-order chi connectivity index (χ1) is 27.5. The van der Waals surface area contributed by atoms with Crippen molar-refractivity contribution in [3.05, 3.63) is 193 Å². The Kier molecular flexibility index (Phi) is 7.42. The summed E-state index contributed by atoms with van der Waals surface area (Å²) in [6.45, 7) is 4.72. The van der Waals surface area contributed by atoms with Crippen LogP contribution in [0.1, 0.15) is 25.0 Å². The lowest BCUT2D eigenvalue weighted by Gasteiger charge is -2.22. The molecule has 11 rings (SSSR count). The zero-order chi connectivity index (χ0) is 37.4. The summed E-state index contributed by atoms with van der Waals surface area (Å²) in [6.07, 6.45) is 0. The Morgan fingerprint density at radius 3 is 1.80 bits per heavy atom. The lowest BCUT2D eigenvalue weighted by Crippen LogP contribution is -2.14. The first-order valence-corrected chi connectivity index (χ1v) is 20.0. The zero-order valence-electron chi connectivity index (χ0n) is 31.1. The first-order valence-electron chi connectivity index (χ1n) is 19.2. The molecule has 1 aliphatic rings. The largest absolute Gasteiger partial charge is 0.228 e. The number of fused-ring (bicyclic) bond motifs is 7. The summed E-state index contributed by atoms with van der Waals surface area (Å²) in [5.74, 6) is 0.712. The van der Waals surface area contributed by atoms with Gasteiger partial charge in [0.05, 0.1) is 11.4 Å². The fourth-order valence-corrected chi connectivity index (χ4v) is 9.93. The monoisotopic (exact) mass is 732 g/mol. The molecule has 0 N–H and O–H groups in total. The second-order valence-corrected chi connectivity index (χ2v) is 16.5. The van der Waals surface area contributed by atoms with E-state index < -0.39 is 0 Å². The number of benzene rings is 8. The molecule has 0 aliphatic heterocycles. The molecule has 3 heteroatoms. The van der Waals surface area contributed by atoms with Crippen LogP contribution < -0.4 is 0 Å². The van der Waals surface area contributed by atoms with E-state index in [1.807, 2.05) is 17.4 Å². The third kappa shape index (κ3) is 5.31. The Morgan fingerprint density at radius 2 is 1.00 bits per heavy atom. The number of thiophene rings is 1. The number of hydrogen-bond acceptors (Lipinski definition) is 3. The van der Waals surface area contributed by atoms with Crippen LogP contribution in [0.15, 0.2) is 182 Å². The second-order valence-electron chi connectivity index (χ2n) is 15.4. The van der Waals surface area contributed by atoms with Gasteiger partial charge in [0.1, 0.15) is 0 Å². The van der Waals surface area contributed by atoms with Gasteiger partial charge in [-0.3, -0.25) is 0 Å². The van der Waals surface area contributed by atoms with Gasteiger partial charge in [-0.05, 0) is 97.7 Å². The van der Waals surface area contributed by atoms with Crippen molar-refractivity contribution in [2.24, 2.45) is 0 Å². The van der Waals surface area contributed by atoms with Gasteiger partial charge in [-0.2, -0.15) is 0 Å². The summed E-state index contributed by atoms with van der Waals surface area (Å²) in [5, 5.41) is 5.18. The maximum Gasteiger partial charge on any atom is 0.160 e. The van der Waals surface area contributed by atoms with E-state index in [0.717, 1.165) is 28.1 Å². The highest BCUT2D eigenvalue weighted by atomic mass is 32.1. The predicted octanol–water partition coefficient (Wildman–Crippen LogP) is 14.6. The molecule has 0 saturated carbocycles. The molecule has 56 heavy (non-hydrogen) atoms. The highest BCUT2D eigenvalue weighted by molar-refractivity contribution is 7.25. The summed E-state index contributed by atoms with van der Waals surface area (Å²) in [7, 11) is 0. The molecule has 0 saturated heterocycles. The molecular weight excluding hydrogens is 697 g/mol. The van der Waals surface area contributed by atoms with Crippen LogP contribution in [0.25, 0.3) is 98.2 Å². The van der Waals surface area contributed by atoms with Crippen LogP contribution in [-0.2, 0) is 5.41 Å². The van der Waals surface area contributed by atoms with Gasteiger partial charge in [0.15, 0.2) is 5.82 Å². The van der Waals surface area contributed by atoms with Crippen molar-refractivity contribution in [1.29, 1.82) is 0 Å². The van der Waals surface area contributed by atoms with Gasteiger partial charge in [-0.15, -0.1) is 11.3 Å². The van der Waals surface area contributed by atoms with Gasteiger partial charge in [-0.25, -0.2) is 9.97 Å². The fourth-order valence-electron chi connectivity index (χ4n) is 8.78. The number of hydrogen-bond donors (Lipinski definition) is 0. The van der Waals surface area contributed by atoms with Gasteiger partial charge >= 0.3 is 0 Å². The Hall–Kier alpha value is -6.68. The Bertz CT molecular complexity index is 3170. The summed E-state index contributed by atoms with van der Waals surface area (Å²) in [5.41, 5.74) is 15.0. The smallest absolute Gasteiger partial charge is 0.160 e. The Morgan fingerprint density at radius 1 is 0.393 bits per heavy atom. The maximum absolute atomic E-state index is 5.23. The van der Waals surface area contributed by atoms with Crippen molar-refractivity contribution >= 4 is 42.3 Å². The van der Waals surface area contributed by atoms with Gasteiger partial charge in [-0.1, -0.05) is 153 Å². The van der Waals surface area contributed by atoms with Crippen molar-refractivity contribution in [3.8, 4) is 67.3 Å². The van der Waals surface area contributed by atoms with Crippen molar-refractivity contribution in [3.63, 3.8) is 0 Å². The zero-order valence-corrected chi connectivity index (χ0v) is 31.9. The van der Waals surface area contributed by atoms with Crippen molar-refractivity contribution in [2.45, 2.75) is 19.3 Å². The van der Waals surface area contributed by atoms with Crippen LogP contribution in [0.4, 0.5) is 0 Å². The molecule has 8 aromatic carbocycles. The average molecular weight is 733 g/mol. The van der Waals surface area contributed by atoms with E-state index >= 15 is 0 Å². The lowest BCUT2D eigenvalue weighted by molar-refractivity contribution is 0.661. The molecule has 0 radical (unpaired) electrons. The lowest BCUT2D eigenvalue weighted by atomic mass is 9.81. The third-order valence-electron chi connectivity index (χ3n) is 11.7. The number of nitrogens with zero attached hydrogens (tertiary/aromatic N) is 2. The van der Waals surface area contributed by atoms with Crippen LogP contribution in [0, 0.1) is 0 Å². The molecule has 0 atom stereocenters. The van der Waals surface area contributed by atoms with Crippen LogP contribution in [0.2, 0.25) is 0 Å². The van der Waals surface area contributed by atoms with Gasteiger partial charge in [0, 0.05) is 42.3 Å². The maximum atomic E-state index is 5.23. The molecule has 2 heterocycles. The number of rotatable bonds is 5.